The molecule has 0 unspecified atom stereocenters. The Morgan fingerprint density at radius 3 is 1.74 bits per heavy atom. The van der Waals surface area contributed by atoms with E-state index >= 15 is 0 Å². The molecular formula is C28H46O3. The van der Waals surface area contributed by atoms with Gasteiger partial charge in [0.15, 0.2) is 5.75 Å². The second kappa shape index (κ2) is 18.0. The number of rotatable bonds is 18. The third-order valence-electron chi connectivity index (χ3n) is 5.95. The van der Waals surface area contributed by atoms with Crippen molar-refractivity contribution in [2.24, 2.45) is 0 Å². The Kier molecular flexibility index (Phi) is 15.9. The summed E-state index contributed by atoms with van der Waals surface area (Å²) in [6, 6.07) is 6.79. The summed E-state index contributed by atoms with van der Waals surface area (Å²) >= 11 is 0. The van der Waals surface area contributed by atoms with Gasteiger partial charge in [-0.1, -0.05) is 123 Å². The molecule has 1 aromatic carbocycles. The molecule has 0 atom stereocenters. The highest BCUT2D eigenvalue weighted by atomic mass is 16.5. The Morgan fingerprint density at radius 2 is 1.26 bits per heavy atom. The SMILES string of the molecule is CCCCCCCCCCCCCCCCCC(=O)Oc1cc(C(C)C)cccc1=O. The van der Waals surface area contributed by atoms with Crippen LogP contribution in [0.3, 0.4) is 0 Å². The molecule has 0 aliphatic rings. The van der Waals surface area contributed by atoms with Gasteiger partial charge in [0, 0.05) is 6.42 Å². The summed E-state index contributed by atoms with van der Waals surface area (Å²) in [6.45, 7) is 6.38. The van der Waals surface area contributed by atoms with E-state index in [0.29, 0.717) is 6.42 Å². The first-order valence-electron chi connectivity index (χ1n) is 12.9. The van der Waals surface area contributed by atoms with Crippen LogP contribution in [0.5, 0.6) is 5.75 Å². The van der Waals surface area contributed by atoms with Crippen molar-refractivity contribution in [3.63, 3.8) is 0 Å². The maximum atomic E-state index is 12.1. The minimum absolute atomic E-state index is 0.152. The van der Waals surface area contributed by atoms with E-state index < -0.39 is 0 Å². The van der Waals surface area contributed by atoms with Gasteiger partial charge in [-0.05, 0) is 30.0 Å². The summed E-state index contributed by atoms with van der Waals surface area (Å²) in [5.41, 5.74) is 0.758. The minimum Gasteiger partial charge on any atom is -0.422 e. The highest BCUT2D eigenvalue weighted by molar-refractivity contribution is 5.72. The van der Waals surface area contributed by atoms with Crippen molar-refractivity contribution < 1.29 is 9.53 Å². The van der Waals surface area contributed by atoms with Crippen LogP contribution in [0.4, 0.5) is 0 Å². The third kappa shape index (κ3) is 14.1. The molecule has 0 radical (unpaired) electrons. The monoisotopic (exact) mass is 430 g/mol. The summed E-state index contributed by atoms with van der Waals surface area (Å²) < 4.78 is 5.36. The predicted octanol–water partition coefficient (Wildman–Crippen LogP) is 8.34. The lowest BCUT2D eigenvalue weighted by Gasteiger charge is -2.05. The van der Waals surface area contributed by atoms with Gasteiger partial charge in [0.1, 0.15) is 0 Å². The van der Waals surface area contributed by atoms with Crippen LogP contribution in [0.15, 0.2) is 29.1 Å². The molecule has 0 bridgehead atoms. The van der Waals surface area contributed by atoms with E-state index in [4.69, 9.17) is 4.74 Å². The smallest absolute Gasteiger partial charge is 0.311 e. The quantitative estimate of drug-likeness (QED) is 0.174. The van der Waals surface area contributed by atoms with Gasteiger partial charge in [-0.3, -0.25) is 9.59 Å². The van der Waals surface area contributed by atoms with Gasteiger partial charge in [-0.25, -0.2) is 0 Å². The fourth-order valence-electron chi connectivity index (χ4n) is 3.85. The zero-order chi connectivity index (χ0) is 22.7. The van der Waals surface area contributed by atoms with Crippen molar-refractivity contribution >= 4 is 5.97 Å². The average molecular weight is 431 g/mol. The van der Waals surface area contributed by atoms with Crippen LogP contribution < -0.4 is 10.2 Å². The van der Waals surface area contributed by atoms with Crippen LogP contribution in [-0.4, -0.2) is 5.97 Å². The normalized spacial score (nSPS) is 11.1. The molecule has 0 fully saturated rings. The molecule has 3 heteroatoms. The molecule has 1 aromatic rings. The van der Waals surface area contributed by atoms with Crippen LogP contribution in [0.2, 0.25) is 0 Å². The zero-order valence-electron chi connectivity index (χ0n) is 20.4. The van der Waals surface area contributed by atoms with E-state index in [1.165, 1.54) is 89.5 Å². The number of hydrogen-bond acceptors (Lipinski definition) is 3. The third-order valence-corrected chi connectivity index (χ3v) is 5.95. The molecule has 0 spiro atoms. The van der Waals surface area contributed by atoms with Crippen LogP contribution in [0.25, 0.3) is 0 Å². The summed E-state index contributed by atoms with van der Waals surface area (Å²) in [5.74, 6) is 0.132. The predicted molar refractivity (Wildman–Crippen MR) is 132 cm³/mol. The number of carbonyl (C=O) groups is 1. The molecule has 176 valence electrons. The molecular weight excluding hydrogens is 384 g/mol. The standard InChI is InChI=1S/C28H46O3/c1-4-5-6-7-8-9-10-11-12-13-14-15-16-17-18-22-28(30)31-27-23-25(24(2)3)20-19-21-26(27)29/h19-21,23-24H,4-18,22H2,1-3H3. The van der Waals surface area contributed by atoms with Gasteiger partial charge in [0.05, 0.1) is 0 Å². The second-order valence-electron chi connectivity index (χ2n) is 9.23. The topological polar surface area (TPSA) is 43.4 Å². The molecule has 0 saturated heterocycles. The van der Waals surface area contributed by atoms with Gasteiger partial charge in [-0.2, -0.15) is 0 Å². The maximum Gasteiger partial charge on any atom is 0.311 e. The molecule has 0 saturated carbocycles. The molecule has 0 aromatic heterocycles. The van der Waals surface area contributed by atoms with E-state index in [0.717, 1.165) is 18.4 Å². The molecule has 0 heterocycles. The molecule has 0 aliphatic heterocycles. The Labute approximate surface area is 191 Å². The average Bonchev–Trinajstić information content (AvgIpc) is 2.92. The second-order valence-corrected chi connectivity index (χ2v) is 9.23. The number of esters is 1. The molecule has 0 aliphatic carbocycles. The van der Waals surface area contributed by atoms with Crippen molar-refractivity contribution in [1.29, 1.82) is 0 Å². The van der Waals surface area contributed by atoms with Gasteiger partial charge < -0.3 is 4.74 Å². The van der Waals surface area contributed by atoms with E-state index in [2.05, 4.69) is 20.8 Å². The number of unbranched alkanes of at least 4 members (excludes halogenated alkanes) is 14. The summed E-state index contributed by atoms with van der Waals surface area (Å²) in [4.78, 5) is 24.2. The molecule has 31 heavy (non-hydrogen) atoms. The zero-order valence-corrected chi connectivity index (χ0v) is 20.4. The minimum atomic E-state index is -0.298. The van der Waals surface area contributed by atoms with E-state index in [1.54, 1.807) is 12.1 Å². The molecule has 0 N–H and O–H groups in total. The van der Waals surface area contributed by atoms with Crippen molar-refractivity contribution in [3.8, 4) is 5.75 Å². The molecule has 1 rings (SSSR count). The van der Waals surface area contributed by atoms with Gasteiger partial charge in [0.2, 0.25) is 5.43 Å². The van der Waals surface area contributed by atoms with Crippen molar-refractivity contribution in [2.75, 3.05) is 0 Å². The fraction of sp³-hybridized carbons (Fsp3) is 0.714. The maximum absolute atomic E-state index is 12.1. The van der Waals surface area contributed by atoms with Gasteiger partial charge >= 0.3 is 5.97 Å². The highest BCUT2D eigenvalue weighted by Gasteiger charge is 2.09. The number of hydrogen-bond donors (Lipinski definition) is 0. The fourth-order valence-corrected chi connectivity index (χ4v) is 3.85. The summed E-state index contributed by atoms with van der Waals surface area (Å²) in [6.07, 6.45) is 19.9. The van der Waals surface area contributed by atoms with Crippen LogP contribution in [0, 0.1) is 0 Å². The molecule has 0 amide bonds. The number of ether oxygens (including phenoxy) is 1. The Hall–Kier alpha value is -1.64. The first-order valence-corrected chi connectivity index (χ1v) is 12.9. The summed E-state index contributed by atoms with van der Waals surface area (Å²) in [7, 11) is 0. The van der Waals surface area contributed by atoms with Crippen LogP contribution in [0.1, 0.15) is 135 Å². The van der Waals surface area contributed by atoms with Crippen molar-refractivity contribution in [3.05, 3.63) is 40.1 Å². The van der Waals surface area contributed by atoms with Crippen molar-refractivity contribution in [1.82, 2.24) is 0 Å². The lowest BCUT2D eigenvalue weighted by atomic mass is 10.0. The van der Waals surface area contributed by atoms with E-state index in [1.807, 2.05) is 6.07 Å². The van der Waals surface area contributed by atoms with Crippen LogP contribution in [-0.2, 0) is 4.79 Å². The number of carbonyl (C=O) groups excluding carboxylic acids is 1. The van der Waals surface area contributed by atoms with Gasteiger partial charge in [-0.15, -0.1) is 0 Å². The van der Waals surface area contributed by atoms with E-state index in [9.17, 15) is 9.59 Å². The van der Waals surface area contributed by atoms with E-state index in [-0.39, 0.29) is 23.1 Å². The summed E-state index contributed by atoms with van der Waals surface area (Å²) in [5, 5.41) is 0. The Bertz CT molecular complexity index is 651. The Balaban J connectivity index is 2.03. The van der Waals surface area contributed by atoms with Gasteiger partial charge in [0.25, 0.3) is 0 Å². The lowest BCUT2D eigenvalue weighted by Crippen LogP contribution is -2.12. The van der Waals surface area contributed by atoms with Crippen LogP contribution >= 0.6 is 0 Å². The first kappa shape index (κ1) is 27.4. The van der Waals surface area contributed by atoms with Crippen molar-refractivity contribution in [2.45, 2.75) is 129 Å². The largest absolute Gasteiger partial charge is 0.422 e. The Morgan fingerprint density at radius 1 is 0.774 bits per heavy atom. The molecule has 3 nitrogen and oxygen atoms in total. The lowest BCUT2D eigenvalue weighted by molar-refractivity contribution is -0.134. The first-order chi connectivity index (χ1) is 15.0. The highest BCUT2D eigenvalue weighted by Crippen LogP contribution is 2.17.